The maximum atomic E-state index is 14.5. The van der Waals surface area contributed by atoms with E-state index < -0.39 is 40.7 Å². The van der Waals surface area contributed by atoms with E-state index in [2.05, 4.69) is 4.74 Å². The fraction of sp³-hybridized carbons (Fsp3) is 0.217. The van der Waals surface area contributed by atoms with Crippen molar-refractivity contribution in [3.05, 3.63) is 88.5 Å². The van der Waals surface area contributed by atoms with Gasteiger partial charge in [-0.2, -0.15) is 8.78 Å². The lowest BCUT2D eigenvalue weighted by molar-refractivity contribution is -0.189. The highest BCUT2D eigenvalue weighted by Gasteiger charge is 2.41. The summed E-state index contributed by atoms with van der Waals surface area (Å²) < 4.78 is 89.0. The van der Waals surface area contributed by atoms with E-state index in [1.165, 1.54) is 0 Å². The van der Waals surface area contributed by atoms with E-state index in [1.54, 1.807) is 24.3 Å². The first-order valence-electron chi connectivity index (χ1n) is 9.23. The molecule has 0 fully saturated rings. The predicted octanol–water partition coefficient (Wildman–Crippen LogP) is 7.30. The van der Waals surface area contributed by atoms with Crippen LogP contribution in [0.4, 0.5) is 26.3 Å². The third-order valence-electron chi connectivity index (χ3n) is 4.59. The van der Waals surface area contributed by atoms with Gasteiger partial charge in [-0.05, 0) is 53.8 Å². The van der Waals surface area contributed by atoms with Crippen molar-refractivity contribution in [2.45, 2.75) is 32.8 Å². The second kappa shape index (κ2) is 8.42. The summed E-state index contributed by atoms with van der Waals surface area (Å²) in [6, 6.07) is 9.65. The smallest absolute Gasteiger partial charge is 0.429 e. The van der Waals surface area contributed by atoms with Crippen molar-refractivity contribution in [3.63, 3.8) is 0 Å². The van der Waals surface area contributed by atoms with Gasteiger partial charge in [0.05, 0.1) is 0 Å². The summed E-state index contributed by atoms with van der Waals surface area (Å²) in [6.07, 6.45) is -2.67. The highest BCUT2D eigenvalue weighted by molar-refractivity contribution is 5.64. The fourth-order valence-electron chi connectivity index (χ4n) is 3.12. The Morgan fingerprint density at radius 1 is 0.800 bits per heavy atom. The number of hydrogen-bond donors (Lipinski definition) is 0. The van der Waals surface area contributed by atoms with Gasteiger partial charge in [0.25, 0.3) is 0 Å². The molecule has 3 aromatic carbocycles. The minimum Gasteiger partial charge on any atom is -0.429 e. The van der Waals surface area contributed by atoms with Gasteiger partial charge in [0.1, 0.15) is 22.9 Å². The molecule has 158 valence electrons. The summed E-state index contributed by atoms with van der Waals surface area (Å²) in [5.74, 6) is -6.44. The zero-order chi connectivity index (χ0) is 22.1. The van der Waals surface area contributed by atoms with Crippen molar-refractivity contribution < 1.29 is 31.1 Å². The van der Waals surface area contributed by atoms with Crippen LogP contribution in [0.1, 0.15) is 30.0 Å². The monoisotopic (exact) mass is 424 g/mol. The third kappa shape index (κ3) is 4.45. The van der Waals surface area contributed by atoms with Gasteiger partial charge >= 0.3 is 6.11 Å². The molecule has 30 heavy (non-hydrogen) atoms. The second-order valence-electron chi connectivity index (χ2n) is 6.92. The first-order chi connectivity index (χ1) is 14.1. The predicted molar refractivity (Wildman–Crippen MR) is 101 cm³/mol. The molecule has 0 radical (unpaired) electrons. The van der Waals surface area contributed by atoms with E-state index in [-0.39, 0.29) is 11.1 Å². The summed E-state index contributed by atoms with van der Waals surface area (Å²) >= 11 is 0. The van der Waals surface area contributed by atoms with Gasteiger partial charge in [-0.1, -0.05) is 37.6 Å². The van der Waals surface area contributed by atoms with E-state index in [1.807, 2.05) is 6.92 Å². The van der Waals surface area contributed by atoms with Gasteiger partial charge in [-0.3, -0.25) is 0 Å². The average Bonchev–Trinajstić information content (AvgIpc) is 2.65. The molecule has 0 aliphatic rings. The largest absolute Gasteiger partial charge is 0.432 e. The molecule has 0 N–H and O–H groups in total. The molecule has 3 aromatic rings. The number of benzene rings is 3. The van der Waals surface area contributed by atoms with E-state index >= 15 is 0 Å². The Balaban J connectivity index is 1.94. The Labute approximate surface area is 169 Å². The maximum absolute atomic E-state index is 14.5. The molecule has 0 saturated heterocycles. The van der Waals surface area contributed by atoms with Crippen molar-refractivity contribution in [2.75, 3.05) is 0 Å². The zero-order valence-electron chi connectivity index (χ0n) is 16.2. The van der Waals surface area contributed by atoms with Crippen molar-refractivity contribution in [1.29, 1.82) is 0 Å². The van der Waals surface area contributed by atoms with Gasteiger partial charge in [-0.25, -0.2) is 17.6 Å². The topological polar surface area (TPSA) is 9.23 Å². The highest BCUT2D eigenvalue weighted by Crippen LogP contribution is 2.37. The molecule has 0 spiro atoms. The number of aryl methyl sites for hydroxylation is 2. The van der Waals surface area contributed by atoms with E-state index in [9.17, 15) is 26.3 Å². The fourth-order valence-corrected chi connectivity index (χ4v) is 3.12. The lowest BCUT2D eigenvalue weighted by Crippen LogP contribution is -2.25. The SMILES string of the molecule is CCCc1ccc(-c2cc(F)c(C(F)(F)Oc3cc(C)c(F)c(F)c3)c(F)c2)cc1. The van der Waals surface area contributed by atoms with Crippen molar-refractivity contribution in [2.24, 2.45) is 0 Å². The molecule has 0 atom stereocenters. The Hall–Kier alpha value is -2.96. The lowest BCUT2D eigenvalue weighted by Gasteiger charge is -2.20. The van der Waals surface area contributed by atoms with Gasteiger partial charge in [0.2, 0.25) is 0 Å². The van der Waals surface area contributed by atoms with Gasteiger partial charge in [-0.15, -0.1) is 0 Å². The van der Waals surface area contributed by atoms with Crippen LogP contribution < -0.4 is 4.74 Å². The molecule has 0 bridgehead atoms. The quantitative estimate of drug-likeness (QED) is 0.377. The molecule has 0 unspecified atom stereocenters. The number of hydrogen-bond acceptors (Lipinski definition) is 1. The summed E-state index contributed by atoms with van der Waals surface area (Å²) in [5.41, 5.74) is -0.323. The van der Waals surface area contributed by atoms with Crippen LogP contribution >= 0.6 is 0 Å². The molecule has 7 heteroatoms. The summed E-state index contributed by atoms with van der Waals surface area (Å²) in [5, 5.41) is 0. The second-order valence-corrected chi connectivity index (χ2v) is 6.92. The highest BCUT2D eigenvalue weighted by atomic mass is 19.3. The Morgan fingerprint density at radius 2 is 1.40 bits per heavy atom. The first-order valence-corrected chi connectivity index (χ1v) is 9.23. The van der Waals surface area contributed by atoms with Crippen LogP contribution in [0.5, 0.6) is 5.75 Å². The number of ether oxygens (including phenoxy) is 1. The summed E-state index contributed by atoms with van der Waals surface area (Å²) in [4.78, 5) is 0. The molecule has 0 aromatic heterocycles. The van der Waals surface area contributed by atoms with Gasteiger partial charge in [0.15, 0.2) is 11.6 Å². The normalized spacial score (nSPS) is 11.6. The number of rotatable bonds is 6. The minimum absolute atomic E-state index is 0.0799. The van der Waals surface area contributed by atoms with Crippen LogP contribution in [0.2, 0.25) is 0 Å². The van der Waals surface area contributed by atoms with E-state index in [0.29, 0.717) is 11.6 Å². The first kappa shape index (κ1) is 21.7. The molecule has 0 aliphatic heterocycles. The maximum Gasteiger partial charge on any atom is 0.432 e. The molecule has 0 aliphatic carbocycles. The molecular weight excluding hydrogens is 406 g/mol. The van der Waals surface area contributed by atoms with E-state index in [0.717, 1.165) is 43.5 Å². The summed E-state index contributed by atoms with van der Waals surface area (Å²) in [7, 11) is 0. The van der Waals surface area contributed by atoms with Crippen LogP contribution in [0.3, 0.4) is 0 Å². The lowest BCUT2D eigenvalue weighted by atomic mass is 10.00. The van der Waals surface area contributed by atoms with Crippen LogP contribution in [-0.2, 0) is 12.5 Å². The number of alkyl halides is 2. The molecule has 0 saturated carbocycles. The molecule has 0 amide bonds. The summed E-state index contributed by atoms with van der Waals surface area (Å²) in [6.45, 7) is 3.16. The Morgan fingerprint density at radius 3 is 1.93 bits per heavy atom. The van der Waals surface area contributed by atoms with E-state index in [4.69, 9.17) is 0 Å². The Bertz CT molecular complexity index is 1010. The standard InChI is InChI=1S/C23H18F6O/c1-3-4-14-5-7-15(8-6-14)16-10-18(24)21(19(25)11-16)23(28,29)30-17-9-13(2)22(27)20(26)12-17/h5-12H,3-4H2,1-2H3. The van der Waals surface area contributed by atoms with Crippen LogP contribution in [-0.4, -0.2) is 0 Å². The Kier molecular flexibility index (Phi) is 6.10. The average molecular weight is 424 g/mol. The third-order valence-corrected chi connectivity index (χ3v) is 4.59. The molecule has 3 rings (SSSR count). The molecular formula is C23H18F6O. The van der Waals surface area contributed by atoms with Crippen molar-refractivity contribution >= 4 is 0 Å². The molecule has 1 nitrogen and oxygen atoms in total. The van der Waals surface area contributed by atoms with Gasteiger partial charge < -0.3 is 4.74 Å². The van der Waals surface area contributed by atoms with Crippen LogP contribution in [0, 0.1) is 30.2 Å². The minimum atomic E-state index is -4.45. The van der Waals surface area contributed by atoms with Gasteiger partial charge in [0, 0.05) is 6.07 Å². The zero-order valence-corrected chi connectivity index (χ0v) is 16.2. The van der Waals surface area contributed by atoms with Crippen molar-refractivity contribution in [1.82, 2.24) is 0 Å². The van der Waals surface area contributed by atoms with Crippen LogP contribution in [0.15, 0.2) is 48.5 Å². The van der Waals surface area contributed by atoms with Crippen LogP contribution in [0.25, 0.3) is 11.1 Å². The molecule has 0 heterocycles. The van der Waals surface area contributed by atoms with Crippen molar-refractivity contribution in [3.8, 4) is 16.9 Å². The number of halogens is 6.